The lowest BCUT2D eigenvalue weighted by atomic mass is 10.0. The van der Waals surface area contributed by atoms with Gasteiger partial charge in [0.05, 0.1) is 12.6 Å². The quantitative estimate of drug-likeness (QED) is 0.444. The molecule has 2 aromatic rings. The Bertz CT molecular complexity index is 888. The SMILES string of the molecule is CCOC(=O)/C=C/C(Cc1ccccc1)N(Cc1ccccc1)C(=O)/C=C/C(C)=O. The Kier molecular flexibility index (Phi) is 9.25. The van der Waals surface area contributed by atoms with E-state index in [9.17, 15) is 14.4 Å². The molecule has 30 heavy (non-hydrogen) atoms. The standard InChI is InChI=1S/C25H27NO4/c1-3-30-25(29)17-15-23(18-21-10-6-4-7-11-21)26(24(28)16-14-20(2)27)19-22-12-8-5-9-13-22/h4-17,23H,3,18-19H2,1-2H3/b16-14+,17-15+. The van der Waals surface area contributed by atoms with E-state index in [1.807, 2.05) is 60.7 Å². The van der Waals surface area contributed by atoms with Crippen LogP contribution in [0, 0.1) is 0 Å². The predicted molar refractivity (Wildman–Crippen MR) is 117 cm³/mol. The number of amides is 1. The summed E-state index contributed by atoms with van der Waals surface area (Å²) in [7, 11) is 0. The molecule has 0 aliphatic heterocycles. The highest BCUT2D eigenvalue weighted by molar-refractivity contribution is 5.96. The lowest BCUT2D eigenvalue weighted by molar-refractivity contribution is -0.137. The van der Waals surface area contributed by atoms with Crippen LogP contribution in [0.15, 0.2) is 85.0 Å². The lowest BCUT2D eigenvalue weighted by Gasteiger charge is -2.29. The van der Waals surface area contributed by atoms with E-state index in [0.29, 0.717) is 13.0 Å². The van der Waals surface area contributed by atoms with Crippen LogP contribution in [0.4, 0.5) is 0 Å². The first kappa shape index (κ1) is 22.8. The molecule has 0 saturated carbocycles. The van der Waals surface area contributed by atoms with Crippen LogP contribution in [0.25, 0.3) is 0 Å². The molecule has 0 fully saturated rings. The monoisotopic (exact) mass is 405 g/mol. The van der Waals surface area contributed by atoms with E-state index in [0.717, 1.165) is 11.1 Å². The number of carbonyl (C=O) groups excluding carboxylic acids is 3. The van der Waals surface area contributed by atoms with Gasteiger partial charge in [-0.15, -0.1) is 0 Å². The van der Waals surface area contributed by atoms with Gasteiger partial charge in [-0.3, -0.25) is 9.59 Å². The molecule has 1 amide bonds. The summed E-state index contributed by atoms with van der Waals surface area (Å²) in [6.07, 6.45) is 6.10. The highest BCUT2D eigenvalue weighted by Gasteiger charge is 2.21. The number of hydrogen-bond acceptors (Lipinski definition) is 4. The van der Waals surface area contributed by atoms with Gasteiger partial charge in [-0.05, 0) is 37.5 Å². The van der Waals surface area contributed by atoms with Crippen molar-refractivity contribution in [2.75, 3.05) is 6.61 Å². The second kappa shape index (κ2) is 12.2. The van der Waals surface area contributed by atoms with Gasteiger partial charge in [0.2, 0.25) is 5.91 Å². The van der Waals surface area contributed by atoms with Crippen LogP contribution in [-0.4, -0.2) is 35.2 Å². The summed E-state index contributed by atoms with van der Waals surface area (Å²) in [5.41, 5.74) is 1.97. The Morgan fingerprint density at radius 1 is 0.900 bits per heavy atom. The van der Waals surface area contributed by atoms with Crippen molar-refractivity contribution in [2.24, 2.45) is 0 Å². The number of nitrogens with zero attached hydrogens (tertiary/aromatic N) is 1. The summed E-state index contributed by atoms with van der Waals surface area (Å²) in [5.74, 6) is -0.963. The van der Waals surface area contributed by atoms with Crippen LogP contribution in [0.3, 0.4) is 0 Å². The van der Waals surface area contributed by atoms with Crippen LogP contribution in [0.1, 0.15) is 25.0 Å². The predicted octanol–water partition coefficient (Wildman–Crippen LogP) is 3.89. The zero-order valence-corrected chi connectivity index (χ0v) is 17.4. The van der Waals surface area contributed by atoms with E-state index >= 15 is 0 Å². The van der Waals surface area contributed by atoms with Crippen molar-refractivity contribution in [1.29, 1.82) is 0 Å². The first-order chi connectivity index (χ1) is 14.5. The van der Waals surface area contributed by atoms with Crippen LogP contribution in [0.5, 0.6) is 0 Å². The number of esters is 1. The van der Waals surface area contributed by atoms with E-state index in [2.05, 4.69) is 0 Å². The molecule has 0 N–H and O–H groups in total. The molecule has 5 heteroatoms. The number of hydrogen-bond donors (Lipinski definition) is 0. The number of rotatable bonds is 10. The summed E-state index contributed by atoms with van der Waals surface area (Å²) in [6.45, 7) is 3.76. The summed E-state index contributed by atoms with van der Waals surface area (Å²) in [5, 5.41) is 0. The maximum Gasteiger partial charge on any atom is 0.330 e. The van der Waals surface area contributed by atoms with E-state index in [4.69, 9.17) is 4.74 Å². The molecule has 0 heterocycles. The minimum atomic E-state index is -0.457. The summed E-state index contributed by atoms with van der Waals surface area (Å²) >= 11 is 0. The fourth-order valence-corrected chi connectivity index (χ4v) is 2.94. The van der Waals surface area contributed by atoms with Crippen molar-refractivity contribution in [1.82, 2.24) is 4.90 Å². The van der Waals surface area contributed by atoms with Gasteiger partial charge in [-0.2, -0.15) is 0 Å². The minimum absolute atomic E-state index is 0.204. The maximum atomic E-state index is 13.0. The molecular formula is C25H27NO4. The molecule has 0 aliphatic rings. The molecule has 1 atom stereocenters. The van der Waals surface area contributed by atoms with E-state index in [-0.39, 0.29) is 18.3 Å². The first-order valence-electron chi connectivity index (χ1n) is 9.91. The summed E-state index contributed by atoms with van der Waals surface area (Å²) in [4.78, 5) is 37.9. The van der Waals surface area contributed by atoms with Crippen LogP contribution in [0.2, 0.25) is 0 Å². The van der Waals surface area contributed by atoms with E-state index in [1.165, 1.54) is 25.2 Å². The zero-order chi connectivity index (χ0) is 21.8. The van der Waals surface area contributed by atoms with Crippen LogP contribution < -0.4 is 0 Å². The third-order valence-electron chi connectivity index (χ3n) is 4.37. The zero-order valence-electron chi connectivity index (χ0n) is 17.4. The molecule has 2 rings (SSSR count). The minimum Gasteiger partial charge on any atom is -0.463 e. The van der Waals surface area contributed by atoms with Crippen LogP contribution in [-0.2, 0) is 32.1 Å². The third kappa shape index (κ3) is 7.87. The van der Waals surface area contributed by atoms with Crippen molar-refractivity contribution in [3.63, 3.8) is 0 Å². The summed E-state index contributed by atoms with van der Waals surface area (Å²) < 4.78 is 4.99. The second-order valence-corrected chi connectivity index (χ2v) is 6.76. The number of benzene rings is 2. The average Bonchev–Trinajstić information content (AvgIpc) is 2.75. The van der Waals surface area contributed by atoms with Gasteiger partial charge < -0.3 is 9.64 Å². The number of ketones is 1. The molecule has 5 nitrogen and oxygen atoms in total. The Morgan fingerprint density at radius 3 is 2.07 bits per heavy atom. The van der Waals surface area contributed by atoms with Crippen molar-refractivity contribution < 1.29 is 19.1 Å². The molecular weight excluding hydrogens is 378 g/mol. The van der Waals surface area contributed by atoms with Gasteiger partial charge in [-0.25, -0.2) is 4.79 Å². The molecule has 156 valence electrons. The molecule has 0 saturated heterocycles. The maximum absolute atomic E-state index is 13.0. The van der Waals surface area contributed by atoms with Crippen LogP contribution >= 0.6 is 0 Å². The summed E-state index contributed by atoms with van der Waals surface area (Å²) in [6, 6.07) is 18.9. The molecule has 2 aromatic carbocycles. The first-order valence-corrected chi connectivity index (χ1v) is 9.91. The van der Waals surface area contributed by atoms with Gasteiger partial charge in [0.25, 0.3) is 0 Å². The fourth-order valence-electron chi connectivity index (χ4n) is 2.94. The molecule has 0 radical (unpaired) electrons. The second-order valence-electron chi connectivity index (χ2n) is 6.76. The molecule has 0 spiro atoms. The Hall–Kier alpha value is -3.47. The Balaban J connectivity index is 2.38. The third-order valence-corrected chi connectivity index (χ3v) is 4.37. The molecule has 1 unspecified atom stereocenters. The fraction of sp³-hybridized carbons (Fsp3) is 0.240. The number of allylic oxidation sites excluding steroid dienone is 1. The van der Waals surface area contributed by atoms with Gasteiger partial charge in [0.15, 0.2) is 5.78 Å². The van der Waals surface area contributed by atoms with Crippen molar-refractivity contribution >= 4 is 17.7 Å². The average molecular weight is 405 g/mol. The van der Waals surface area contributed by atoms with Gasteiger partial charge >= 0.3 is 5.97 Å². The number of carbonyl (C=O) groups is 3. The Labute approximate surface area is 177 Å². The highest BCUT2D eigenvalue weighted by Crippen LogP contribution is 2.16. The van der Waals surface area contributed by atoms with Crippen molar-refractivity contribution in [2.45, 2.75) is 32.9 Å². The Morgan fingerprint density at radius 2 is 1.50 bits per heavy atom. The van der Waals surface area contributed by atoms with Crippen molar-refractivity contribution in [3.8, 4) is 0 Å². The van der Waals surface area contributed by atoms with Gasteiger partial charge in [0.1, 0.15) is 0 Å². The van der Waals surface area contributed by atoms with E-state index in [1.54, 1.807) is 17.9 Å². The molecule has 0 aliphatic carbocycles. The normalized spacial score (nSPS) is 12.1. The topological polar surface area (TPSA) is 63.7 Å². The molecule has 0 aromatic heterocycles. The lowest BCUT2D eigenvalue weighted by Crippen LogP contribution is -2.39. The molecule has 0 bridgehead atoms. The van der Waals surface area contributed by atoms with Gasteiger partial charge in [0, 0.05) is 18.7 Å². The van der Waals surface area contributed by atoms with Gasteiger partial charge in [-0.1, -0.05) is 66.7 Å². The highest BCUT2D eigenvalue weighted by atomic mass is 16.5. The largest absolute Gasteiger partial charge is 0.463 e. The van der Waals surface area contributed by atoms with E-state index < -0.39 is 12.0 Å². The number of ether oxygens (including phenoxy) is 1. The van der Waals surface area contributed by atoms with Crippen molar-refractivity contribution in [3.05, 3.63) is 96.1 Å². The smallest absolute Gasteiger partial charge is 0.330 e.